The first-order valence-corrected chi connectivity index (χ1v) is 3.73. The molecule has 1 rings (SSSR count). The van der Waals surface area contributed by atoms with Crippen molar-refractivity contribution in [3.8, 4) is 0 Å². The van der Waals surface area contributed by atoms with E-state index in [1.807, 2.05) is 6.92 Å². The van der Waals surface area contributed by atoms with Crippen molar-refractivity contribution in [3.05, 3.63) is 12.2 Å². The standard InChI is InChI=1S/C8H13NO2/c1-5(2)6-3-7(8(10)11)9-4-6/h6-7,9H,1,3-4H2,2H3,(H,10,11)/t6-,7-/m0/s1. The van der Waals surface area contributed by atoms with Gasteiger partial charge in [0, 0.05) is 6.54 Å². The van der Waals surface area contributed by atoms with Crippen molar-refractivity contribution >= 4 is 5.97 Å². The molecule has 1 aliphatic rings. The van der Waals surface area contributed by atoms with E-state index in [9.17, 15) is 4.79 Å². The molecule has 3 heteroatoms. The Morgan fingerprint density at radius 3 is 2.64 bits per heavy atom. The van der Waals surface area contributed by atoms with Gasteiger partial charge >= 0.3 is 5.97 Å². The normalized spacial score (nSPS) is 30.3. The number of hydrogen-bond donors (Lipinski definition) is 2. The molecule has 0 amide bonds. The predicted molar refractivity (Wildman–Crippen MR) is 42.3 cm³/mol. The van der Waals surface area contributed by atoms with E-state index < -0.39 is 5.97 Å². The fourth-order valence-electron chi connectivity index (χ4n) is 1.30. The molecule has 2 N–H and O–H groups in total. The lowest BCUT2D eigenvalue weighted by molar-refractivity contribution is -0.139. The highest BCUT2D eigenvalue weighted by atomic mass is 16.4. The Kier molecular flexibility index (Phi) is 2.29. The zero-order valence-electron chi connectivity index (χ0n) is 6.63. The molecule has 0 spiro atoms. The van der Waals surface area contributed by atoms with Gasteiger partial charge in [0.2, 0.25) is 0 Å². The number of carboxylic acids is 1. The number of carbonyl (C=O) groups is 1. The summed E-state index contributed by atoms with van der Waals surface area (Å²) in [5.41, 5.74) is 1.07. The van der Waals surface area contributed by atoms with E-state index in [4.69, 9.17) is 5.11 Å². The maximum atomic E-state index is 10.5. The van der Waals surface area contributed by atoms with Crippen LogP contribution in [-0.2, 0) is 4.79 Å². The minimum Gasteiger partial charge on any atom is -0.480 e. The van der Waals surface area contributed by atoms with E-state index in [1.165, 1.54) is 0 Å². The lowest BCUT2D eigenvalue weighted by Crippen LogP contribution is -2.29. The minimum absolute atomic E-state index is 0.344. The molecule has 0 aromatic rings. The highest BCUT2D eigenvalue weighted by Gasteiger charge is 2.28. The van der Waals surface area contributed by atoms with Crippen LogP contribution in [0.4, 0.5) is 0 Å². The molecule has 0 bridgehead atoms. The zero-order chi connectivity index (χ0) is 8.43. The Morgan fingerprint density at radius 2 is 2.36 bits per heavy atom. The van der Waals surface area contributed by atoms with E-state index in [2.05, 4.69) is 11.9 Å². The first kappa shape index (κ1) is 8.27. The van der Waals surface area contributed by atoms with Crippen LogP contribution in [0.3, 0.4) is 0 Å². The maximum absolute atomic E-state index is 10.5. The van der Waals surface area contributed by atoms with Gasteiger partial charge in [0.25, 0.3) is 0 Å². The summed E-state index contributed by atoms with van der Waals surface area (Å²) in [5, 5.41) is 11.5. The first-order chi connectivity index (χ1) is 5.11. The van der Waals surface area contributed by atoms with Crippen LogP contribution in [0.15, 0.2) is 12.2 Å². The molecule has 1 saturated heterocycles. The van der Waals surface area contributed by atoms with Crippen molar-refractivity contribution in [1.82, 2.24) is 5.32 Å². The molecule has 1 aliphatic heterocycles. The van der Waals surface area contributed by atoms with Crippen LogP contribution in [-0.4, -0.2) is 23.7 Å². The van der Waals surface area contributed by atoms with Crippen molar-refractivity contribution < 1.29 is 9.90 Å². The molecule has 1 fully saturated rings. The molecule has 0 aromatic heterocycles. The van der Waals surface area contributed by atoms with Crippen LogP contribution in [0.25, 0.3) is 0 Å². The number of hydrogen-bond acceptors (Lipinski definition) is 2. The Labute approximate surface area is 66.1 Å². The summed E-state index contributed by atoms with van der Waals surface area (Å²) < 4.78 is 0. The third-order valence-electron chi connectivity index (χ3n) is 2.13. The van der Waals surface area contributed by atoms with Crippen LogP contribution in [0.1, 0.15) is 13.3 Å². The fourth-order valence-corrected chi connectivity index (χ4v) is 1.30. The number of nitrogens with one attached hydrogen (secondary N) is 1. The summed E-state index contributed by atoms with van der Waals surface area (Å²) in [6.07, 6.45) is 0.685. The van der Waals surface area contributed by atoms with Gasteiger partial charge in [-0.25, -0.2) is 0 Å². The average Bonchev–Trinajstić information content (AvgIpc) is 2.33. The summed E-state index contributed by atoms with van der Waals surface area (Å²) in [7, 11) is 0. The quantitative estimate of drug-likeness (QED) is 0.575. The van der Waals surface area contributed by atoms with Crippen molar-refractivity contribution in [1.29, 1.82) is 0 Å². The average molecular weight is 155 g/mol. The van der Waals surface area contributed by atoms with Crippen molar-refractivity contribution in [2.45, 2.75) is 19.4 Å². The zero-order valence-corrected chi connectivity index (χ0v) is 6.63. The molecule has 3 nitrogen and oxygen atoms in total. The molecule has 0 radical (unpaired) electrons. The van der Waals surface area contributed by atoms with Gasteiger partial charge in [0.05, 0.1) is 0 Å². The Hall–Kier alpha value is -0.830. The summed E-state index contributed by atoms with van der Waals surface area (Å²) in [6, 6.07) is -0.364. The highest BCUT2D eigenvalue weighted by Crippen LogP contribution is 2.20. The smallest absolute Gasteiger partial charge is 0.320 e. The molecule has 11 heavy (non-hydrogen) atoms. The van der Waals surface area contributed by atoms with E-state index in [-0.39, 0.29) is 6.04 Å². The highest BCUT2D eigenvalue weighted by molar-refractivity contribution is 5.73. The van der Waals surface area contributed by atoms with Gasteiger partial charge < -0.3 is 10.4 Å². The number of carboxylic acid groups (broad SMARTS) is 1. The molecular formula is C8H13NO2. The SMILES string of the molecule is C=C(C)[C@@H]1CN[C@H](C(=O)O)C1. The van der Waals surface area contributed by atoms with Crippen LogP contribution in [0, 0.1) is 5.92 Å². The second-order valence-corrected chi connectivity index (χ2v) is 3.08. The summed E-state index contributed by atoms with van der Waals surface area (Å²) in [4.78, 5) is 10.5. The van der Waals surface area contributed by atoms with Gasteiger partial charge in [-0.2, -0.15) is 0 Å². The van der Waals surface area contributed by atoms with E-state index in [0.717, 1.165) is 12.1 Å². The van der Waals surface area contributed by atoms with Gasteiger partial charge in [0.15, 0.2) is 0 Å². The second kappa shape index (κ2) is 3.05. The maximum Gasteiger partial charge on any atom is 0.320 e. The Balaban J connectivity index is 2.47. The topological polar surface area (TPSA) is 49.3 Å². The molecule has 2 atom stereocenters. The van der Waals surface area contributed by atoms with Crippen LogP contribution in [0.5, 0.6) is 0 Å². The Bertz CT molecular complexity index is 169. The minimum atomic E-state index is -0.756. The first-order valence-electron chi connectivity index (χ1n) is 3.73. The monoisotopic (exact) mass is 155 g/mol. The van der Waals surface area contributed by atoms with Gasteiger partial charge in [0.1, 0.15) is 6.04 Å². The predicted octanol–water partition coefficient (Wildman–Crippen LogP) is 0.625. The Morgan fingerprint density at radius 1 is 1.73 bits per heavy atom. The summed E-state index contributed by atoms with van der Waals surface area (Å²) in [5.74, 6) is -0.412. The summed E-state index contributed by atoms with van der Waals surface area (Å²) >= 11 is 0. The van der Waals surface area contributed by atoms with Crippen molar-refractivity contribution in [2.75, 3.05) is 6.54 Å². The van der Waals surface area contributed by atoms with E-state index >= 15 is 0 Å². The molecule has 0 aromatic carbocycles. The van der Waals surface area contributed by atoms with Crippen molar-refractivity contribution in [3.63, 3.8) is 0 Å². The molecular weight excluding hydrogens is 142 g/mol. The number of rotatable bonds is 2. The van der Waals surface area contributed by atoms with Gasteiger partial charge in [-0.3, -0.25) is 4.79 Å². The molecule has 0 unspecified atom stereocenters. The molecule has 1 heterocycles. The van der Waals surface area contributed by atoms with Crippen LogP contribution >= 0.6 is 0 Å². The molecule has 0 saturated carbocycles. The van der Waals surface area contributed by atoms with Gasteiger partial charge in [-0.05, 0) is 19.3 Å². The lowest BCUT2D eigenvalue weighted by atomic mass is 9.99. The van der Waals surface area contributed by atoms with Gasteiger partial charge in [-0.1, -0.05) is 12.2 Å². The second-order valence-electron chi connectivity index (χ2n) is 3.08. The fraction of sp³-hybridized carbons (Fsp3) is 0.625. The molecule has 62 valence electrons. The third kappa shape index (κ3) is 1.80. The largest absolute Gasteiger partial charge is 0.480 e. The van der Waals surface area contributed by atoms with E-state index in [1.54, 1.807) is 0 Å². The number of aliphatic carboxylic acids is 1. The third-order valence-corrected chi connectivity index (χ3v) is 2.13. The van der Waals surface area contributed by atoms with Crippen LogP contribution in [0.2, 0.25) is 0 Å². The lowest BCUT2D eigenvalue weighted by Gasteiger charge is -2.05. The van der Waals surface area contributed by atoms with Crippen molar-refractivity contribution in [2.24, 2.45) is 5.92 Å². The summed E-state index contributed by atoms with van der Waals surface area (Å²) in [6.45, 7) is 6.50. The molecule has 0 aliphatic carbocycles. The van der Waals surface area contributed by atoms with Crippen LogP contribution < -0.4 is 5.32 Å². The van der Waals surface area contributed by atoms with E-state index in [0.29, 0.717) is 12.3 Å². The van der Waals surface area contributed by atoms with Gasteiger partial charge in [-0.15, -0.1) is 0 Å².